The number of hydrogen-bond donors (Lipinski definition) is 1. The summed E-state index contributed by atoms with van der Waals surface area (Å²) in [7, 11) is -3.60. The number of alkyl halides is 1. The molecule has 1 N–H and O–H groups in total. The molecule has 0 bridgehead atoms. The first-order chi connectivity index (χ1) is 11.7. The van der Waals surface area contributed by atoms with Crippen molar-refractivity contribution in [2.75, 3.05) is 0 Å². The molecule has 0 aliphatic rings. The van der Waals surface area contributed by atoms with Crippen molar-refractivity contribution >= 4 is 28.0 Å². The molecule has 3 atom stereocenters. The second kappa shape index (κ2) is 11.1. The molecule has 5 heteroatoms. The molecule has 152 valence electrons. The van der Waals surface area contributed by atoms with Crippen LogP contribution in [0.3, 0.4) is 0 Å². The zero-order valence-corrected chi connectivity index (χ0v) is 21.0. The third kappa shape index (κ3) is 10.3. The fourth-order valence-corrected chi connectivity index (χ4v) is 4.53. The van der Waals surface area contributed by atoms with Gasteiger partial charge < -0.3 is 9.53 Å². The van der Waals surface area contributed by atoms with Gasteiger partial charge in [-0.25, -0.2) is 0 Å². The first-order valence-electron chi connectivity index (χ1n) is 9.85. The number of hydrogen-bond acceptors (Lipinski definition) is 2. The summed E-state index contributed by atoms with van der Waals surface area (Å²) in [4.78, 5) is 0. The fourth-order valence-electron chi connectivity index (χ4n) is 2.19. The van der Waals surface area contributed by atoms with Gasteiger partial charge in [-0.1, -0.05) is 65.3 Å². The molecule has 0 aromatic carbocycles. The zero-order valence-electron chi connectivity index (χ0n) is 18.3. The van der Waals surface area contributed by atoms with Crippen molar-refractivity contribution in [3.8, 4) is 11.5 Å². The van der Waals surface area contributed by atoms with Crippen molar-refractivity contribution in [2.24, 2.45) is 0 Å². The minimum atomic E-state index is -2.04. The first kappa shape index (κ1) is 25.9. The standard InChI is InChI=1S/C21H41ClO2Si2/c1-10-11-12-13-14-15-18(22)20(19(23)16-17-25(5,6)7)24-26(8,9)21(2,3)4/h10,18-20,23H,1,11-15H2,2-9H3/t18-,19+,20-/m0/s1. The molecule has 2 nitrogen and oxygen atoms in total. The van der Waals surface area contributed by atoms with Gasteiger partial charge >= 0.3 is 0 Å². The van der Waals surface area contributed by atoms with E-state index in [0.717, 1.165) is 32.1 Å². The van der Waals surface area contributed by atoms with Gasteiger partial charge in [0.15, 0.2) is 8.32 Å². The van der Waals surface area contributed by atoms with Gasteiger partial charge in [-0.3, -0.25) is 0 Å². The van der Waals surface area contributed by atoms with Crippen LogP contribution in [0.2, 0.25) is 37.8 Å². The maximum absolute atomic E-state index is 10.8. The van der Waals surface area contributed by atoms with Crippen molar-refractivity contribution < 1.29 is 9.53 Å². The average Bonchev–Trinajstić information content (AvgIpc) is 2.48. The molecule has 0 rings (SSSR count). The van der Waals surface area contributed by atoms with E-state index in [1.807, 2.05) is 6.08 Å². The van der Waals surface area contributed by atoms with Gasteiger partial charge in [0.05, 0.1) is 11.5 Å². The van der Waals surface area contributed by atoms with Crippen molar-refractivity contribution in [1.29, 1.82) is 0 Å². The highest BCUT2D eigenvalue weighted by Gasteiger charge is 2.42. The number of rotatable bonds is 10. The van der Waals surface area contributed by atoms with Crippen molar-refractivity contribution in [2.45, 2.75) is 108 Å². The maximum atomic E-state index is 10.8. The first-order valence-corrected chi connectivity index (χ1v) is 16.7. The largest absolute Gasteiger partial charge is 0.409 e. The molecule has 0 saturated carbocycles. The van der Waals surface area contributed by atoms with Gasteiger partial charge in [-0.15, -0.1) is 23.7 Å². The molecule has 0 aliphatic carbocycles. The number of halogens is 1. The monoisotopic (exact) mass is 416 g/mol. The lowest BCUT2D eigenvalue weighted by molar-refractivity contribution is 0.0576. The molecule has 26 heavy (non-hydrogen) atoms. The van der Waals surface area contributed by atoms with Gasteiger partial charge in [-0.05, 0) is 37.4 Å². The van der Waals surface area contributed by atoms with Crippen LogP contribution in [0.4, 0.5) is 0 Å². The Morgan fingerprint density at radius 2 is 1.69 bits per heavy atom. The molecule has 0 aromatic rings. The van der Waals surface area contributed by atoms with E-state index >= 15 is 0 Å². The SMILES string of the molecule is C=CCCCCC[C@H](Cl)[C@H](O[Si](C)(C)C(C)(C)C)[C@H](O)C#C[Si](C)(C)C. The van der Waals surface area contributed by atoms with Gasteiger partial charge in [0.25, 0.3) is 0 Å². The van der Waals surface area contributed by atoms with Gasteiger partial charge in [-0.2, -0.15) is 0 Å². The van der Waals surface area contributed by atoms with Crippen LogP contribution in [0.25, 0.3) is 0 Å². The Morgan fingerprint density at radius 3 is 2.15 bits per heavy atom. The highest BCUT2D eigenvalue weighted by Crippen LogP contribution is 2.38. The summed E-state index contributed by atoms with van der Waals surface area (Å²) in [6.07, 6.45) is 5.88. The highest BCUT2D eigenvalue weighted by atomic mass is 35.5. The van der Waals surface area contributed by atoms with E-state index in [1.54, 1.807) is 0 Å². The van der Waals surface area contributed by atoms with Crippen LogP contribution in [0.15, 0.2) is 12.7 Å². The van der Waals surface area contributed by atoms with E-state index in [-0.39, 0.29) is 10.4 Å². The van der Waals surface area contributed by atoms with Crippen LogP contribution in [-0.2, 0) is 4.43 Å². The number of unbranched alkanes of at least 4 members (excludes halogenated alkanes) is 3. The average molecular weight is 417 g/mol. The molecule has 0 aromatic heterocycles. The lowest BCUT2D eigenvalue weighted by atomic mass is 10.0. The van der Waals surface area contributed by atoms with Crippen LogP contribution in [0.1, 0.15) is 52.9 Å². The zero-order chi connectivity index (χ0) is 20.6. The Kier molecular flexibility index (Phi) is 11.0. The minimum absolute atomic E-state index is 0.0672. The van der Waals surface area contributed by atoms with Crippen molar-refractivity contribution in [1.82, 2.24) is 0 Å². The summed E-state index contributed by atoms with van der Waals surface area (Å²) in [5.41, 5.74) is 3.27. The molecule has 0 fully saturated rings. The summed E-state index contributed by atoms with van der Waals surface area (Å²) in [6, 6.07) is 0. The Hall–Kier alpha value is -0.0562. The Labute approximate surface area is 169 Å². The van der Waals surface area contributed by atoms with E-state index in [4.69, 9.17) is 16.0 Å². The molecule has 0 saturated heterocycles. The minimum Gasteiger partial charge on any atom is -0.409 e. The van der Waals surface area contributed by atoms with E-state index in [9.17, 15) is 5.11 Å². The fraction of sp³-hybridized carbons (Fsp3) is 0.810. The summed E-state index contributed by atoms with van der Waals surface area (Å²) in [5.74, 6) is 3.06. The Morgan fingerprint density at radius 1 is 1.12 bits per heavy atom. The van der Waals surface area contributed by atoms with Crippen molar-refractivity contribution in [3.63, 3.8) is 0 Å². The van der Waals surface area contributed by atoms with Gasteiger partial charge in [0, 0.05) is 0 Å². The predicted octanol–water partition coefficient (Wildman–Crippen LogP) is 6.36. The van der Waals surface area contributed by atoms with Crippen LogP contribution in [0.5, 0.6) is 0 Å². The number of aliphatic hydroxyl groups excluding tert-OH is 1. The molecular weight excluding hydrogens is 376 g/mol. The van der Waals surface area contributed by atoms with Crippen molar-refractivity contribution in [3.05, 3.63) is 12.7 Å². The summed E-state index contributed by atoms with van der Waals surface area (Å²) >= 11 is 6.72. The Balaban J connectivity index is 5.20. The number of aliphatic hydroxyl groups is 1. The van der Waals surface area contributed by atoms with Gasteiger partial charge in [0.1, 0.15) is 14.2 Å². The lowest BCUT2D eigenvalue weighted by Crippen LogP contribution is -2.50. The van der Waals surface area contributed by atoms with Crippen LogP contribution < -0.4 is 0 Å². The number of allylic oxidation sites excluding steroid dienone is 1. The lowest BCUT2D eigenvalue weighted by Gasteiger charge is -2.41. The van der Waals surface area contributed by atoms with Gasteiger partial charge in [0.2, 0.25) is 0 Å². The highest BCUT2D eigenvalue weighted by molar-refractivity contribution is 6.83. The smallest absolute Gasteiger partial charge is 0.192 e. The quantitative estimate of drug-likeness (QED) is 0.147. The molecule has 0 amide bonds. The van der Waals surface area contributed by atoms with E-state index in [0.29, 0.717) is 0 Å². The third-order valence-electron chi connectivity index (χ3n) is 4.89. The molecule has 0 unspecified atom stereocenters. The van der Waals surface area contributed by atoms with E-state index in [2.05, 4.69) is 71.5 Å². The molecular formula is C21H41ClO2Si2. The molecule has 0 heterocycles. The van der Waals surface area contributed by atoms with Crippen LogP contribution >= 0.6 is 11.6 Å². The summed E-state index contributed by atoms with van der Waals surface area (Å²) < 4.78 is 6.52. The Bertz CT molecular complexity index is 481. The second-order valence-corrected chi connectivity index (χ2v) is 19.8. The predicted molar refractivity (Wildman–Crippen MR) is 122 cm³/mol. The van der Waals surface area contributed by atoms with E-state index in [1.165, 1.54) is 0 Å². The maximum Gasteiger partial charge on any atom is 0.192 e. The normalized spacial score (nSPS) is 16.4. The third-order valence-corrected chi connectivity index (χ3v) is 10.7. The second-order valence-electron chi connectivity index (χ2n) is 9.75. The summed E-state index contributed by atoms with van der Waals surface area (Å²) in [6.45, 7) is 21.3. The summed E-state index contributed by atoms with van der Waals surface area (Å²) in [5, 5.41) is 10.6. The molecule has 0 aliphatic heterocycles. The van der Waals surface area contributed by atoms with E-state index < -0.39 is 28.6 Å². The molecule has 0 spiro atoms. The van der Waals surface area contributed by atoms with Crippen LogP contribution in [0, 0.1) is 11.5 Å². The van der Waals surface area contributed by atoms with Crippen LogP contribution in [-0.4, -0.2) is 39.1 Å². The molecule has 0 radical (unpaired) electrons. The topological polar surface area (TPSA) is 29.5 Å².